The first-order valence-electron chi connectivity index (χ1n) is 7.41. The summed E-state index contributed by atoms with van der Waals surface area (Å²) >= 11 is 7.12. The maximum absolute atomic E-state index is 4.67. The average Bonchev–Trinajstić information content (AvgIpc) is 2.85. The molecule has 0 amide bonds. The summed E-state index contributed by atoms with van der Waals surface area (Å²) in [5.41, 5.74) is 2.10. The van der Waals surface area contributed by atoms with E-state index in [2.05, 4.69) is 65.9 Å². The Morgan fingerprint density at radius 1 is 1.19 bits per heavy atom. The minimum Gasteiger partial charge on any atom is -0.325 e. The molecular weight excluding hydrogens is 394 g/mol. The molecule has 0 atom stereocenters. The number of hydrogen-bond donors (Lipinski definition) is 1. The molecule has 1 fully saturated rings. The zero-order valence-electron chi connectivity index (χ0n) is 12.1. The van der Waals surface area contributed by atoms with E-state index < -0.39 is 0 Å². The minimum absolute atomic E-state index is 0.577. The van der Waals surface area contributed by atoms with E-state index in [-0.39, 0.29) is 0 Å². The molecule has 1 aliphatic carbocycles. The van der Waals surface area contributed by atoms with E-state index in [4.69, 9.17) is 0 Å². The van der Waals surface area contributed by atoms with E-state index >= 15 is 0 Å². The number of halogens is 2. The minimum atomic E-state index is 0.577. The lowest BCUT2D eigenvalue weighted by Crippen LogP contribution is -2.14. The normalized spacial score (nSPS) is 16.1. The van der Waals surface area contributed by atoms with Gasteiger partial charge in [-0.25, -0.2) is 4.98 Å². The van der Waals surface area contributed by atoms with Crippen LogP contribution >= 0.6 is 31.9 Å². The Morgan fingerprint density at radius 3 is 2.71 bits per heavy atom. The van der Waals surface area contributed by atoms with Crippen molar-refractivity contribution in [3.05, 3.63) is 39.0 Å². The maximum atomic E-state index is 4.67. The van der Waals surface area contributed by atoms with Gasteiger partial charge in [0.15, 0.2) is 0 Å². The van der Waals surface area contributed by atoms with Gasteiger partial charge < -0.3 is 9.88 Å². The number of anilines is 2. The van der Waals surface area contributed by atoms with Gasteiger partial charge in [-0.2, -0.15) is 0 Å². The Bertz CT molecular complexity index is 630. The highest BCUT2D eigenvalue weighted by Gasteiger charge is 2.19. The molecule has 1 saturated carbocycles. The second-order valence-electron chi connectivity index (χ2n) is 5.65. The molecule has 0 radical (unpaired) electrons. The van der Waals surface area contributed by atoms with Crippen LogP contribution in [-0.4, -0.2) is 9.55 Å². The van der Waals surface area contributed by atoms with Crippen molar-refractivity contribution in [3.63, 3.8) is 0 Å². The zero-order chi connectivity index (χ0) is 14.8. The predicted octanol–water partition coefficient (Wildman–Crippen LogP) is 5.97. The molecular formula is C16H19Br2N3. The van der Waals surface area contributed by atoms with E-state index in [1.54, 1.807) is 0 Å². The van der Waals surface area contributed by atoms with E-state index in [1.807, 2.05) is 12.1 Å². The number of aryl methyl sites for hydroxylation is 1. The van der Waals surface area contributed by atoms with Crippen molar-refractivity contribution in [2.75, 3.05) is 5.32 Å². The average molecular weight is 413 g/mol. The van der Waals surface area contributed by atoms with E-state index in [0.717, 1.165) is 26.3 Å². The Kier molecular flexibility index (Phi) is 4.69. The molecule has 3 rings (SSSR count). The lowest BCUT2D eigenvalue weighted by atomic mass is 9.95. The van der Waals surface area contributed by atoms with Gasteiger partial charge in [0.1, 0.15) is 0 Å². The quantitative estimate of drug-likeness (QED) is 0.673. The summed E-state index contributed by atoms with van der Waals surface area (Å²) in [4.78, 5) is 4.67. The lowest BCUT2D eigenvalue weighted by molar-refractivity contribution is 0.356. The Labute approximate surface area is 142 Å². The van der Waals surface area contributed by atoms with Gasteiger partial charge in [-0.3, -0.25) is 0 Å². The molecule has 0 aliphatic heterocycles. The van der Waals surface area contributed by atoms with Gasteiger partial charge in [0.2, 0.25) is 5.95 Å². The number of nitrogens with zero attached hydrogens (tertiary/aromatic N) is 2. The third-order valence-corrected chi connectivity index (χ3v) is 5.18. The molecule has 5 heteroatoms. The molecule has 0 unspecified atom stereocenters. The molecule has 1 aromatic carbocycles. The second-order valence-corrected chi connectivity index (χ2v) is 7.42. The van der Waals surface area contributed by atoms with Crippen LogP contribution < -0.4 is 5.32 Å². The number of rotatable bonds is 3. The van der Waals surface area contributed by atoms with Crippen LogP contribution in [0.25, 0.3) is 0 Å². The molecule has 0 bridgehead atoms. The standard InChI is InChI=1S/C16H19Br2N3/c1-11-10-21(13-5-3-2-4-6-13)16(19-11)20-15-9-12(17)7-8-14(15)18/h7-10,13H,2-6H2,1H3,(H,19,20). The third kappa shape index (κ3) is 3.51. The number of nitrogens with one attached hydrogen (secondary N) is 1. The molecule has 0 saturated heterocycles. The van der Waals surface area contributed by atoms with Gasteiger partial charge in [0.25, 0.3) is 0 Å². The van der Waals surface area contributed by atoms with Crippen LogP contribution in [0.5, 0.6) is 0 Å². The highest BCUT2D eigenvalue weighted by Crippen LogP contribution is 2.33. The summed E-state index contributed by atoms with van der Waals surface area (Å²) < 4.78 is 4.42. The summed E-state index contributed by atoms with van der Waals surface area (Å²) in [5.74, 6) is 0.943. The van der Waals surface area contributed by atoms with Gasteiger partial charge in [0, 0.05) is 21.2 Å². The third-order valence-electron chi connectivity index (χ3n) is 4.00. The molecule has 1 N–H and O–H groups in total. The van der Waals surface area contributed by atoms with Crippen LogP contribution in [0.1, 0.15) is 43.8 Å². The monoisotopic (exact) mass is 411 g/mol. The lowest BCUT2D eigenvalue weighted by Gasteiger charge is -2.25. The number of benzene rings is 1. The summed E-state index contributed by atoms with van der Waals surface area (Å²) in [7, 11) is 0. The highest BCUT2D eigenvalue weighted by molar-refractivity contribution is 9.11. The first-order valence-corrected chi connectivity index (χ1v) is 8.99. The Hall–Kier alpha value is -0.810. The van der Waals surface area contributed by atoms with Crippen LogP contribution in [0.15, 0.2) is 33.3 Å². The van der Waals surface area contributed by atoms with E-state index in [1.165, 1.54) is 32.1 Å². The van der Waals surface area contributed by atoms with E-state index in [9.17, 15) is 0 Å². The van der Waals surface area contributed by atoms with Gasteiger partial charge >= 0.3 is 0 Å². The molecule has 3 nitrogen and oxygen atoms in total. The van der Waals surface area contributed by atoms with Gasteiger partial charge in [-0.1, -0.05) is 35.2 Å². The largest absolute Gasteiger partial charge is 0.325 e. The molecule has 1 heterocycles. The van der Waals surface area contributed by atoms with Crippen molar-refractivity contribution >= 4 is 43.5 Å². The second kappa shape index (κ2) is 6.53. The first-order chi connectivity index (χ1) is 10.1. The SMILES string of the molecule is Cc1cn(C2CCCCC2)c(Nc2cc(Br)ccc2Br)n1. The van der Waals surface area contributed by atoms with Crippen molar-refractivity contribution in [2.45, 2.75) is 45.1 Å². The van der Waals surface area contributed by atoms with Crippen molar-refractivity contribution in [2.24, 2.45) is 0 Å². The van der Waals surface area contributed by atoms with Crippen LogP contribution in [-0.2, 0) is 0 Å². The van der Waals surface area contributed by atoms with Gasteiger partial charge in [0.05, 0.1) is 11.4 Å². The fourth-order valence-corrected chi connectivity index (χ4v) is 3.67. The molecule has 1 aromatic heterocycles. The maximum Gasteiger partial charge on any atom is 0.207 e. The molecule has 2 aromatic rings. The summed E-state index contributed by atoms with van der Waals surface area (Å²) in [6.45, 7) is 2.06. The number of aromatic nitrogens is 2. The van der Waals surface area contributed by atoms with Crippen molar-refractivity contribution in [3.8, 4) is 0 Å². The predicted molar refractivity (Wildman–Crippen MR) is 94.2 cm³/mol. The van der Waals surface area contributed by atoms with E-state index in [0.29, 0.717) is 6.04 Å². The van der Waals surface area contributed by atoms with Gasteiger partial charge in [-0.15, -0.1) is 0 Å². The van der Waals surface area contributed by atoms with Crippen molar-refractivity contribution < 1.29 is 0 Å². The molecule has 112 valence electrons. The summed E-state index contributed by atoms with van der Waals surface area (Å²) in [6, 6.07) is 6.70. The van der Waals surface area contributed by atoms with Gasteiger partial charge in [-0.05, 0) is 53.9 Å². The van der Waals surface area contributed by atoms with Crippen molar-refractivity contribution in [1.82, 2.24) is 9.55 Å². The smallest absolute Gasteiger partial charge is 0.207 e. The molecule has 1 aliphatic rings. The van der Waals surface area contributed by atoms with Crippen LogP contribution in [0.3, 0.4) is 0 Å². The Balaban J connectivity index is 1.89. The zero-order valence-corrected chi connectivity index (χ0v) is 15.2. The van der Waals surface area contributed by atoms with Crippen LogP contribution in [0.4, 0.5) is 11.6 Å². The topological polar surface area (TPSA) is 29.9 Å². The molecule has 21 heavy (non-hydrogen) atoms. The Morgan fingerprint density at radius 2 is 1.95 bits per heavy atom. The summed E-state index contributed by atoms with van der Waals surface area (Å²) in [5, 5.41) is 3.47. The molecule has 0 spiro atoms. The number of hydrogen-bond acceptors (Lipinski definition) is 2. The fraction of sp³-hybridized carbons (Fsp3) is 0.438. The van der Waals surface area contributed by atoms with Crippen LogP contribution in [0.2, 0.25) is 0 Å². The fourth-order valence-electron chi connectivity index (χ4n) is 2.96. The highest BCUT2D eigenvalue weighted by atomic mass is 79.9. The first kappa shape index (κ1) is 15.1. The van der Waals surface area contributed by atoms with Crippen LogP contribution in [0, 0.1) is 6.92 Å². The van der Waals surface area contributed by atoms with Crippen molar-refractivity contribution in [1.29, 1.82) is 0 Å². The summed E-state index contributed by atoms with van der Waals surface area (Å²) in [6.07, 6.45) is 8.69. The number of imidazole rings is 1.